The van der Waals surface area contributed by atoms with Crippen LogP contribution in [0, 0.1) is 5.41 Å². The molecule has 1 saturated carbocycles. The number of aromatic nitrogens is 2. The molecule has 1 amide bonds. The van der Waals surface area contributed by atoms with Gasteiger partial charge in [0.05, 0.1) is 11.4 Å². The Morgan fingerprint density at radius 1 is 1.03 bits per heavy atom. The highest BCUT2D eigenvalue weighted by atomic mass is 16.1. The second-order valence-electron chi connectivity index (χ2n) is 10.0. The minimum Gasteiger partial charge on any atom is -0.321 e. The fourth-order valence-electron chi connectivity index (χ4n) is 4.94. The number of nitrogens with one attached hydrogen (secondary N) is 2. The van der Waals surface area contributed by atoms with E-state index < -0.39 is 5.81 Å². The molecular weight excluding hydrogens is 483 g/mol. The average Bonchev–Trinajstić information content (AvgIpc) is 3.79. The smallest absolute Gasteiger partial charge is 0.261 e. The Hall–Kier alpha value is -4.26. The number of carbonyl (C=O) groups excluding carboxylic acids is 1. The lowest BCUT2D eigenvalue weighted by Crippen LogP contribution is -2.29. The maximum absolute atomic E-state index is 14.1. The summed E-state index contributed by atoms with van der Waals surface area (Å²) in [5.74, 6) is 0.409. The molecule has 0 saturated heterocycles. The van der Waals surface area contributed by atoms with Gasteiger partial charge in [-0.1, -0.05) is 80.1 Å². The summed E-state index contributed by atoms with van der Waals surface area (Å²) >= 11 is 0. The van der Waals surface area contributed by atoms with Gasteiger partial charge in [0.25, 0.3) is 5.56 Å². The van der Waals surface area contributed by atoms with Crippen molar-refractivity contribution in [1.82, 2.24) is 14.9 Å². The SMILES string of the molecule is [B]C(=O)NC(=N)c1ccccc1-c1ccc(Cc2c(CCCC)nc(C3CC3)n(-c3ccccc3)c2=O)cc1. The van der Waals surface area contributed by atoms with Crippen LogP contribution in [0.4, 0.5) is 4.79 Å². The monoisotopic (exact) mass is 514 g/mol. The number of unbranched alkanes of at least 4 members (excludes halogenated alkanes) is 1. The Morgan fingerprint density at radius 2 is 1.72 bits per heavy atom. The molecule has 194 valence electrons. The molecular formula is C32H31BN4O2. The molecule has 1 aliphatic carbocycles. The molecule has 0 spiro atoms. The van der Waals surface area contributed by atoms with Crippen molar-refractivity contribution in [2.45, 2.75) is 51.4 Å². The molecule has 2 N–H and O–H groups in total. The summed E-state index contributed by atoms with van der Waals surface area (Å²) in [6, 6.07) is 25.2. The summed E-state index contributed by atoms with van der Waals surface area (Å²) < 4.78 is 1.82. The third-order valence-electron chi connectivity index (χ3n) is 7.10. The molecule has 6 nitrogen and oxygen atoms in total. The zero-order chi connectivity index (χ0) is 27.4. The molecule has 1 aromatic heterocycles. The van der Waals surface area contributed by atoms with Gasteiger partial charge in [-0.15, -0.1) is 0 Å². The molecule has 0 atom stereocenters. The predicted molar refractivity (Wildman–Crippen MR) is 156 cm³/mol. The van der Waals surface area contributed by atoms with Crippen LogP contribution in [-0.4, -0.2) is 29.0 Å². The van der Waals surface area contributed by atoms with E-state index >= 15 is 0 Å². The van der Waals surface area contributed by atoms with Crippen molar-refractivity contribution >= 4 is 19.5 Å². The number of amidine groups is 1. The van der Waals surface area contributed by atoms with Gasteiger partial charge < -0.3 is 5.32 Å². The highest BCUT2D eigenvalue weighted by Crippen LogP contribution is 2.39. The van der Waals surface area contributed by atoms with Gasteiger partial charge in [0, 0.05) is 23.5 Å². The van der Waals surface area contributed by atoms with Crippen LogP contribution in [0.3, 0.4) is 0 Å². The van der Waals surface area contributed by atoms with Crippen molar-refractivity contribution in [1.29, 1.82) is 5.41 Å². The lowest BCUT2D eigenvalue weighted by Gasteiger charge is -2.17. The van der Waals surface area contributed by atoms with Gasteiger partial charge >= 0.3 is 0 Å². The number of hydrogen-bond donors (Lipinski definition) is 2. The molecule has 1 aliphatic rings. The minimum absolute atomic E-state index is 0.0181. The molecule has 39 heavy (non-hydrogen) atoms. The zero-order valence-electron chi connectivity index (χ0n) is 22.1. The van der Waals surface area contributed by atoms with Gasteiger partial charge in [-0.25, -0.2) is 4.98 Å². The van der Waals surface area contributed by atoms with Gasteiger partial charge in [0.2, 0.25) is 7.85 Å². The van der Waals surface area contributed by atoms with Gasteiger partial charge in [-0.3, -0.25) is 19.6 Å². The summed E-state index contributed by atoms with van der Waals surface area (Å²) in [5, 5.41) is 10.6. The number of aryl methyl sites for hydroxylation is 1. The van der Waals surface area contributed by atoms with E-state index in [4.69, 9.17) is 18.2 Å². The van der Waals surface area contributed by atoms with Crippen LogP contribution in [0.2, 0.25) is 0 Å². The van der Waals surface area contributed by atoms with Crippen molar-refractivity contribution < 1.29 is 4.79 Å². The normalized spacial score (nSPS) is 12.7. The highest BCUT2D eigenvalue weighted by molar-refractivity contribution is 6.58. The standard InChI is InChI=1S/C32H31BN4O2/c1-2-3-13-28-27(31(38)37(24-9-5-4-6-10-24)30(35-28)23-18-19-23)20-21-14-16-22(17-15-21)25-11-7-8-12-26(25)29(34)36-32(33)39/h4-12,14-17,23H,2-3,13,18-20H2,1H3,(H2,34,36,39). The van der Waals surface area contributed by atoms with E-state index in [1.807, 2.05) is 77.4 Å². The van der Waals surface area contributed by atoms with Crippen LogP contribution in [0.1, 0.15) is 66.7 Å². The first-order valence-corrected chi connectivity index (χ1v) is 13.5. The van der Waals surface area contributed by atoms with Gasteiger partial charge in [-0.05, 0) is 54.5 Å². The minimum atomic E-state index is -0.772. The van der Waals surface area contributed by atoms with Gasteiger partial charge in [0.1, 0.15) is 11.7 Å². The summed E-state index contributed by atoms with van der Waals surface area (Å²) in [4.78, 5) is 30.5. The van der Waals surface area contributed by atoms with E-state index in [2.05, 4.69) is 12.2 Å². The van der Waals surface area contributed by atoms with E-state index in [1.54, 1.807) is 6.07 Å². The van der Waals surface area contributed by atoms with Crippen molar-refractivity contribution in [2.24, 2.45) is 0 Å². The number of benzene rings is 3. The largest absolute Gasteiger partial charge is 0.321 e. The molecule has 2 radical (unpaired) electrons. The fraction of sp³-hybridized carbons (Fsp3) is 0.250. The lowest BCUT2D eigenvalue weighted by atomic mass is 9.95. The second-order valence-corrected chi connectivity index (χ2v) is 10.0. The molecule has 1 fully saturated rings. The molecule has 0 bridgehead atoms. The Kier molecular flexibility index (Phi) is 7.87. The first-order chi connectivity index (χ1) is 19.0. The number of hydrogen-bond acceptors (Lipinski definition) is 4. The molecule has 1 heterocycles. The predicted octanol–water partition coefficient (Wildman–Crippen LogP) is 5.91. The molecule has 0 unspecified atom stereocenters. The number of amides is 1. The fourth-order valence-corrected chi connectivity index (χ4v) is 4.94. The third-order valence-corrected chi connectivity index (χ3v) is 7.10. The Labute approximate surface area is 230 Å². The number of nitrogens with zero attached hydrogens (tertiary/aromatic N) is 2. The summed E-state index contributed by atoms with van der Waals surface area (Å²) in [5.41, 5.74) is 5.85. The van der Waals surface area contributed by atoms with Crippen molar-refractivity contribution in [3.8, 4) is 16.8 Å². The van der Waals surface area contributed by atoms with E-state index in [0.717, 1.165) is 71.6 Å². The third kappa shape index (κ3) is 5.93. The average molecular weight is 514 g/mol. The second kappa shape index (κ2) is 11.6. The summed E-state index contributed by atoms with van der Waals surface area (Å²) in [6.45, 7) is 2.15. The molecule has 4 aromatic rings. The van der Waals surface area contributed by atoms with Crippen molar-refractivity contribution in [3.05, 3.63) is 117 Å². The number of rotatable bonds is 9. The quantitative estimate of drug-likeness (QED) is 0.165. The number of carbonyl (C=O) groups is 1. The molecule has 0 aliphatic heterocycles. The van der Waals surface area contributed by atoms with Crippen LogP contribution in [-0.2, 0) is 12.8 Å². The highest BCUT2D eigenvalue weighted by Gasteiger charge is 2.31. The Balaban J connectivity index is 1.52. The first-order valence-electron chi connectivity index (χ1n) is 13.5. The van der Waals surface area contributed by atoms with Crippen LogP contribution >= 0.6 is 0 Å². The van der Waals surface area contributed by atoms with Crippen LogP contribution in [0.25, 0.3) is 16.8 Å². The Bertz CT molecular complexity index is 1560. The molecule has 5 rings (SSSR count). The number of para-hydroxylation sites is 1. The van der Waals surface area contributed by atoms with E-state index in [0.29, 0.717) is 17.9 Å². The zero-order valence-corrected chi connectivity index (χ0v) is 22.1. The maximum Gasteiger partial charge on any atom is 0.261 e. The maximum atomic E-state index is 14.1. The van der Waals surface area contributed by atoms with Crippen molar-refractivity contribution in [2.75, 3.05) is 0 Å². The van der Waals surface area contributed by atoms with Crippen molar-refractivity contribution in [3.63, 3.8) is 0 Å². The van der Waals surface area contributed by atoms with E-state index in [9.17, 15) is 9.59 Å². The van der Waals surface area contributed by atoms with E-state index in [-0.39, 0.29) is 11.4 Å². The van der Waals surface area contributed by atoms with Gasteiger partial charge in [0.15, 0.2) is 5.81 Å². The van der Waals surface area contributed by atoms with Gasteiger partial charge in [-0.2, -0.15) is 0 Å². The van der Waals surface area contributed by atoms with Crippen LogP contribution in [0.5, 0.6) is 0 Å². The molecule has 3 aromatic carbocycles. The summed E-state index contributed by atoms with van der Waals surface area (Å²) in [7, 11) is 5.22. The Morgan fingerprint density at radius 3 is 2.38 bits per heavy atom. The lowest BCUT2D eigenvalue weighted by molar-refractivity contribution is 0.263. The van der Waals surface area contributed by atoms with Crippen LogP contribution < -0.4 is 10.9 Å². The summed E-state index contributed by atoms with van der Waals surface area (Å²) in [6.07, 6.45) is 5.44. The topological polar surface area (TPSA) is 87.8 Å². The molecule has 7 heteroatoms. The van der Waals surface area contributed by atoms with Crippen LogP contribution in [0.15, 0.2) is 83.7 Å². The van der Waals surface area contributed by atoms with E-state index in [1.165, 1.54) is 0 Å². The first kappa shape index (κ1) is 26.4.